The molecule has 0 saturated heterocycles. The SMILES string of the molecule is COCCCn1cnnc1SCC(=O)N1CCc2sccc2C1. The van der Waals surface area contributed by atoms with Gasteiger partial charge in [-0.25, -0.2) is 0 Å². The van der Waals surface area contributed by atoms with Gasteiger partial charge in [-0.3, -0.25) is 4.79 Å². The molecule has 0 bridgehead atoms. The van der Waals surface area contributed by atoms with Crippen LogP contribution in [-0.2, 0) is 29.0 Å². The monoisotopic (exact) mass is 352 g/mol. The van der Waals surface area contributed by atoms with Gasteiger partial charge in [0, 0.05) is 38.2 Å². The van der Waals surface area contributed by atoms with Crippen LogP contribution in [0.3, 0.4) is 0 Å². The van der Waals surface area contributed by atoms with Gasteiger partial charge in [0.15, 0.2) is 5.16 Å². The van der Waals surface area contributed by atoms with Gasteiger partial charge in [0.2, 0.25) is 5.91 Å². The molecular formula is C15H20N4O2S2. The number of aryl methyl sites for hydroxylation is 1. The number of carbonyl (C=O) groups excluding carboxylic acids is 1. The van der Waals surface area contributed by atoms with Crippen molar-refractivity contribution in [2.75, 3.05) is 26.0 Å². The van der Waals surface area contributed by atoms with E-state index in [1.165, 1.54) is 22.2 Å². The Bertz CT molecular complexity index is 655. The zero-order valence-electron chi connectivity index (χ0n) is 13.1. The number of thioether (sulfide) groups is 1. The second-order valence-electron chi connectivity index (χ2n) is 5.38. The predicted octanol–water partition coefficient (Wildman–Crippen LogP) is 2.05. The number of nitrogens with zero attached hydrogens (tertiary/aromatic N) is 4. The van der Waals surface area contributed by atoms with Crippen LogP contribution in [0.5, 0.6) is 0 Å². The lowest BCUT2D eigenvalue weighted by Gasteiger charge is -2.26. The predicted molar refractivity (Wildman–Crippen MR) is 90.7 cm³/mol. The van der Waals surface area contributed by atoms with Gasteiger partial charge in [0.1, 0.15) is 6.33 Å². The third kappa shape index (κ3) is 4.13. The molecule has 8 heteroatoms. The quantitative estimate of drug-likeness (QED) is 0.564. The van der Waals surface area contributed by atoms with Crippen molar-refractivity contribution in [3.63, 3.8) is 0 Å². The van der Waals surface area contributed by atoms with Gasteiger partial charge in [-0.05, 0) is 29.9 Å². The highest BCUT2D eigenvalue weighted by Crippen LogP contribution is 2.25. The Morgan fingerprint density at radius 2 is 2.43 bits per heavy atom. The maximum atomic E-state index is 12.4. The molecule has 0 aliphatic carbocycles. The van der Waals surface area contributed by atoms with Gasteiger partial charge in [0.05, 0.1) is 5.75 Å². The summed E-state index contributed by atoms with van der Waals surface area (Å²) < 4.78 is 7.04. The average molecular weight is 352 g/mol. The van der Waals surface area contributed by atoms with E-state index < -0.39 is 0 Å². The largest absolute Gasteiger partial charge is 0.385 e. The number of amides is 1. The summed E-state index contributed by atoms with van der Waals surface area (Å²) in [5, 5.41) is 10.9. The summed E-state index contributed by atoms with van der Waals surface area (Å²) in [6.07, 6.45) is 3.58. The van der Waals surface area contributed by atoms with Crippen molar-refractivity contribution in [2.24, 2.45) is 0 Å². The molecule has 124 valence electrons. The summed E-state index contributed by atoms with van der Waals surface area (Å²) in [6.45, 7) is 3.06. The molecule has 6 nitrogen and oxygen atoms in total. The smallest absolute Gasteiger partial charge is 0.233 e. The van der Waals surface area contributed by atoms with Crippen LogP contribution in [0.4, 0.5) is 0 Å². The lowest BCUT2D eigenvalue weighted by molar-refractivity contribution is -0.129. The third-order valence-electron chi connectivity index (χ3n) is 3.81. The highest BCUT2D eigenvalue weighted by Gasteiger charge is 2.21. The van der Waals surface area contributed by atoms with Crippen molar-refractivity contribution >= 4 is 29.0 Å². The van der Waals surface area contributed by atoms with Crippen LogP contribution in [0.2, 0.25) is 0 Å². The first-order valence-corrected chi connectivity index (χ1v) is 9.47. The fraction of sp³-hybridized carbons (Fsp3) is 0.533. The zero-order chi connectivity index (χ0) is 16.1. The van der Waals surface area contributed by atoms with Gasteiger partial charge in [-0.2, -0.15) is 0 Å². The molecule has 0 unspecified atom stereocenters. The Balaban J connectivity index is 1.51. The Morgan fingerprint density at radius 3 is 3.30 bits per heavy atom. The lowest BCUT2D eigenvalue weighted by Crippen LogP contribution is -2.36. The molecule has 0 atom stereocenters. The van der Waals surface area contributed by atoms with Crippen molar-refractivity contribution in [1.82, 2.24) is 19.7 Å². The molecule has 2 aromatic heterocycles. The molecule has 0 aromatic carbocycles. The van der Waals surface area contributed by atoms with Crippen LogP contribution < -0.4 is 0 Å². The molecule has 0 radical (unpaired) electrons. The van der Waals surface area contributed by atoms with E-state index in [4.69, 9.17) is 4.74 Å². The molecule has 0 fully saturated rings. The van der Waals surface area contributed by atoms with Crippen LogP contribution >= 0.6 is 23.1 Å². The van der Waals surface area contributed by atoms with Crippen molar-refractivity contribution in [3.05, 3.63) is 28.2 Å². The Morgan fingerprint density at radius 1 is 1.52 bits per heavy atom. The lowest BCUT2D eigenvalue weighted by atomic mass is 10.1. The number of aromatic nitrogens is 3. The molecule has 3 heterocycles. The molecule has 0 saturated carbocycles. The molecule has 2 aromatic rings. The maximum absolute atomic E-state index is 12.4. The van der Waals surface area contributed by atoms with Crippen LogP contribution in [0.1, 0.15) is 16.9 Å². The number of rotatable bonds is 7. The number of ether oxygens (including phenoxy) is 1. The average Bonchev–Trinajstić information content (AvgIpc) is 3.21. The number of hydrogen-bond acceptors (Lipinski definition) is 6. The summed E-state index contributed by atoms with van der Waals surface area (Å²) in [5.74, 6) is 0.570. The molecule has 0 N–H and O–H groups in total. The standard InChI is InChI=1S/C15H20N4O2S2/c1-21-7-2-5-19-11-16-17-15(19)23-10-14(20)18-6-3-13-12(9-18)4-8-22-13/h4,8,11H,2-3,5-7,9-10H2,1H3. The Labute approximate surface area is 143 Å². The number of fused-ring (bicyclic) bond motifs is 1. The molecule has 1 aliphatic heterocycles. The maximum Gasteiger partial charge on any atom is 0.233 e. The molecule has 1 aliphatic rings. The Kier molecular flexibility index (Phi) is 5.69. The van der Waals surface area contributed by atoms with Gasteiger partial charge in [0.25, 0.3) is 0 Å². The fourth-order valence-corrected chi connectivity index (χ4v) is 4.30. The van der Waals surface area contributed by atoms with E-state index in [9.17, 15) is 4.79 Å². The van der Waals surface area contributed by atoms with Crippen molar-refractivity contribution in [3.8, 4) is 0 Å². The normalized spacial score (nSPS) is 14.0. The number of thiophene rings is 1. The van der Waals surface area contributed by atoms with Gasteiger partial charge in [-0.15, -0.1) is 21.5 Å². The summed E-state index contributed by atoms with van der Waals surface area (Å²) in [4.78, 5) is 15.8. The van der Waals surface area contributed by atoms with E-state index >= 15 is 0 Å². The van der Waals surface area contributed by atoms with E-state index in [2.05, 4.69) is 21.6 Å². The second kappa shape index (κ2) is 7.94. The van der Waals surface area contributed by atoms with Crippen molar-refractivity contribution in [2.45, 2.75) is 31.1 Å². The van der Waals surface area contributed by atoms with Crippen LogP contribution in [0.25, 0.3) is 0 Å². The van der Waals surface area contributed by atoms with E-state index in [0.29, 0.717) is 12.4 Å². The molecule has 23 heavy (non-hydrogen) atoms. The minimum atomic E-state index is 0.165. The molecule has 3 rings (SSSR count). The Hall–Kier alpha value is -1.38. The van der Waals surface area contributed by atoms with E-state index in [1.54, 1.807) is 24.8 Å². The van der Waals surface area contributed by atoms with E-state index in [1.807, 2.05) is 9.47 Å². The van der Waals surface area contributed by atoms with E-state index in [0.717, 1.165) is 37.6 Å². The van der Waals surface area contributed by atoms with Crippen molar-refractivity contribution in [1.29, 1.82) is 0 Å². The first-order chi connectivity index (χ1) is 11.3. The highest BCUT2D eigenvalue weighted by atomic mass is 32.2. The zero-order valence-corrected chi connectivity index (χ0v) is 14.7. The van der Waals surface area contributed by atoms with Gasteiger partial charge < -0.3 is 14.2 Å². The number of carbonyl (C=O) groups is 1. The van der Waals surface area contributed by atoms with Gasteiger partial charge >= 0.3 is 0 Å². The first-order valence-electron chi connectivity index (χ1n) is 7.60. The summed E-state index contributed by atoms with van der Waals surface area (Å²) in [5.41, 5.74) is 1.29. The molecular weight excluding hydrogens is 332 g/mol. The summed E-state index contributed by atoms with van der Waals surface area (Å²) in [7, 11) is 1.69. The highest BCUT2D eigenvalue weighted by molar-refractivity contribution is 7.99. The molecule has 0 spiro atoms. The minimum absolute atomic E-state index is 0.165. The summed E-state index contributed by atoms with van der Waals surface area (Å²) >= 11 is 3.24. The van der Waals surface area contributed by atoms with Crippen LogP contribution in [-0.4, -0.2) is 51.6 Å². The molecule has 1 amide bonds. The first kappa shape index (κ1) is 16.5. The topological polar surface area (TPSA) is 60.2 Å². The van der Waals surface area contributed by atoms with Gasteiger partial charge in [-0.1, -0.05) is 11.8 Å². The van der Waals surface area contributed by atoms with Crippen molar-refractivity contribution < 1.29 is 9.53 Å². The third-order valence-corrected chi connectivity index (χ3v) is 5.80. The van der Waals surface area contributed by atoms with E-state index in [-0.39, 0.29) is 5.91 Å². The second-order valence-corrected chi connectivity index (χ2v) is 7.32. The van der Waals surface area contributed by atoms with Crippen LogP contribution in [0.15, 0.2) is 22.9 Å². The fourth-order valence-electron chi connectivity index (χ4n) is 2.57. The summed E-state index contributed by atoms with van der Waals surface area (Å²) in [6, 6.07) is 2.12. The minimum Gasteiger partial charge on any atom is -0.385 e. The van der Waals surface area contributed by atoms with Crippen LogP contribution in [0, 0.1) is 0 Å². The number of hydrogen-bond donors (Lipinski definition) is 0. The number of methoxy groups -OCH3 is 1.